The first-order valence-corrected chi connectivity index (χ1v) is 8.09. The van der Waals surface area contributed by atoms with E-state index < -0.39 is 29.7 Å². The average molecular weight is 349 g/mol. The summed E-state index contributed by atoms with van der Waals surface area (Å²) in [5, 5.41) is 2.60. The molecule has 2 heterocycles. The zero-order chi connectivity index (χ0) is 18.9. The summed E-state index contributed by atoms with van der Waals surface area (Å²) in [6, 6.07) is -1.17. The first-order chi connectivity index (χ1) is 11.7. The minimum absolute atomic E-state index is 0.200. The Bertz CT molecular complexity index is 735. The van der Waals surface area contributed by atoms with Gasteiger partial charge in [0.1, 0.15) is 6.04 Å². The lowest BCUT2D eigenvalue weighted by Gasteiger charge is -2.13. The van der Waals surface area contributed by atoms with Gasteiger partial charge in [0.15, 0.2) is 5.78 Å². The molecule has 1 aromatic heterocycles. The Morgan fingerprint density at radius 3 is 2.44 bits per heavy atom. The molecule has 2 N–H and O–H groups in total. The number of urea groups is 1. The number of hydrogen-bond donors (Lipinski definition) is 2. The maximum atomic E-state index is 12.6. The van der Waals surface area contributed by atoms with Crippen LogP contribution < -0.4 is 5.32 Å². The van der Waals surface area contributed by atoms with E-state index in [0.29, 0.717) is 23.2 Å². The molecule has 0 saturated carbocycles. The fraction of sp³-hybridized carbons (Fsp3) is 0.529. The van der Waals surface area contributed by atoms with E-state index >= 15 is 0 Å². The molecule has 8 heteroatoms. The number of carbonyl (C=O) groups is 4. The van der Waals surface area contributed by atoms with Crippen LogP contribution >= 0.6 is 0 Å². The number of aromatic nitrogens is 1. The predicted octanol–water partition coefficient (Wildman–Crippen LogP) is 1.57. The number of imide groups is 1. The number of carbonyl (C=O) groups excluding carboxylic acids is 4. The first kappa shape index (κ1) is 18.7. The van der Waals surface area contributed by atoms with Gasteiger partial charge in [0.2, 0.25) is 0 Å². The number of methoxy groups -OCH3 is 1. The average Bonchev–Trinajstić information content (AvgIpc) is 2.97. The highest BCUT2D eigenvalue weighted by Gasteiger charge is 2.39. The van der Waals surface area contributed by atoms with E-state index in [-0.39, 0.29) is 18.2 Å². The summed E-state index contributed by atoms with van der Waals surface area (Å²) in [4.78, 5) is 52.5. The van der Waals surface area contributed by atoms with Gasteiger partial charge in [0.25, 0.3) is 5.91 Å². The maximum absolute atomic E-state index is 12.6. The lowest BCUT2D eigenvalue weighted by molar-refractivity contribution is -0.127. The van der Waals surface area contributed by atoms with Gasteiger partial charge in [-0.1, -0.05) is 13.8 Å². The number of aryl methyl sites for hydroxylation is 1. The van der Waals surface area contributed by atoms with E-state index in [0.717, 1.165) is 4.90 Å². The fourth-order valence-corrected chi connectivity index (χ4v) is 3.02. The van der Waals surface area contributed by atoms with E-state index in [4.69, 9.17) is 4.74 Å². The lowest BCUT2D eigenvalue weighted by atomic mass is 10.0. The Balaban J connectivity index is 2.19. The Hall–Kier alpha value is -2.64. The van der Waals surface area contributed by atoms with Crippen LogP contribution in [0.3, 0.4) is 0 Å². The van der Waals surface area contributed by atoms with Crippen molar-refractivity contribution in [2.24, 2.45) is 5.92 Å². The number of esters is 1. The highest BCUT2D eigenvalue weighted by atomic mass is 16.5. The molecule has 0 aromatic carbocycles. The molecular weight excluding hydrogens is 326 g/mol. The van der Waals surface area contributed by atoms with Crippen LogP contribution in [0.5, 0.6) is 0 Å². The molecule has 136 valence electrons. The molecule has 1 fully saturated rings. The molecule has 1 aliphatic rings. The maximum Gasteiger partial charge on any atom is 0.339 e. The van der Waals surface area contributed by atoms with Crippen LogP contribution in [0.4, 0.5) is 4.79 Å². The van der Waals surface area contributed by atoms with E-state index in [9.17, 15) is 19.2 Å². The van der Waals surface area contributed by atoms with Gasteiger partial charge >= 0.3 is 12.0 Å². The number of nitrogens with one attached hydrogen (secondary N) is 2. The smallest absolute Gasteiger partial charge is 0.339 e. The normalized spacial score (nSPS) is 17.2. The lowest BCUT2D eigenvalue weighted by Crippen LogP contribution is -2.36. The minimum Gasteiger partial charge on any atom is -0.465 e. The van der Waals surface area contributed by atoms with Gasteiger partial charge in [0.05, 0.1) is 24.9 Å². The van der Waals surface area contributed by atoms with Crippen molar-refractivity contribution in [1.82, 2.24) is 15.2 Å². The molecule has 0 unspecified atom stereocenters. The van der Waals surface area contributed by atoms with E-state index in [1.807, 2.05) is 13.8 Å². The molecule has 0 spiro atoms. The molecule has 0 radical (unpaired) electrons. The van der Waals surface area contributed by atoms with Crippen molar-refractivity contribution >= 4 is 23.7 Å². The molecule has 3 amide bonds. The first-order valence-electron chi connectivity index (χ1n) is 8.09. The molecule has 0 aliphatic carbocycles. The monoisotopic (exact) mass is 349 g/mol. The van der Waals surface area contributed by atoms with Crippen molar-refractivity contribution in [3.05, 3.63) is 22.5 Å². The number of ether oxygens (including phenoxy) is 1. The molecule has 8 nitrogen and oxygen atoms in total. The summed E-state index contributed by atoms with van der Waals surface area (Å²) in [7, 11) is 1.26. The number of amides is 3. The van der Waals surface area contributed by atoms with Crippen molar-refractivity contribution in [2.45, 2.75) is 40.2 Å². The summed E-state index contributed by atoms with van der Waals surface area (Å²) in [6.07, 6.45) is 0.516. The van der Waals surface area contributed by atoms with Crippen LogP contribution in [0.2, 0.25) is 0 Å². The molecular formula is C17H23N3O5. The van der Waals surface area contributed by atoms with Gasteiger partial charge in [-0.25, -0.2) is 9.59 Å². The number of Topliss-reactive ketones (excluding diaryl/α,β-unsaturated/α-hetero) is 1. The SMILES string of the molecule is COC(=O)c1c(C)[nH]c(C(=O)CN2C(=O)N[C@@H](CC(C)C)C2=O)c1C. The second-order valence-electron chi connectivity index (χ2n) is 6.60. The summed E-state index contributed by atoms with van der Waals surface area (Å²) < 4.78 is 4.71. The Kier molecular flexibility index (Phi) is 5.30. The Morgan fingerprint density at radius 2 is 1.88 bits per heavy atom. The van der Waals surface area contributed by atoms with Crippen molar-refractivity contribution in [3.8, 4) is 0 Å². The third-order valence-electron chi connectivity index (χ3n) is 4.22. The fourth-order valence-electron chi connectivity index (χ4n) is 3.02. The second-order valence-corrected chi connectivity index (χ2v) is 6.60. The summed E-state index contributed by atoms with van der Waals surface area (Å²) >= 11 is 0. The number of H-pyrrole nitrogens is 1. The van der Waals surface area contributed by atoms with Crippen LogP contribution in [0.25, 0.3) is 0 Å². The van der Waals surface area contributed by atoms with Gasteiger partial charge in [-0.05, 0) is 31.7 Å². The molecule has 1 saturated heterocycles. The Labute approximate surface area is 145 Å². The topological polar surface area (TPSA) is 109 Å². The summed E-state index contributed by atoms with van der Waals surface area (Å²) in [5.74, 6) is -1.15. The predicted molar refractivity (Wildman–Crippen MR) is 89.4 cm³/mol. The van der Waals surface area contributed by atoms with Crippen LogP contribution in [-0.2, 0) is 9.53 Å². The number of rotatable bonds is 6. The number of ketones is 1. The van der Waals surface area contributed by atoms with Crippen LogP contribution in [-0.4, -0.2) is 53.3 Å². The number of hydrogen-bond acceptors (Lipinski definition) is 5. The van der Waals surface area contributed by atoms with Crippen molar-refractivity contribution in [1.29, 1.82) is 0 Å². The van der Waals surface area contributed by atoms with Crippen molar-refractivity contribution in [2.75, 3.05) is 13.7 Å². The number of nitrogens with zero attached hydrogens (tertiary/aromatic N) is 1. The van der Waals surface area contributed by atoms with Crippen LogP contribution in [0, 0.1) is 19.8 Å². The highest BCUT2D eigenvalue weighted by Crippen LogP contribution is 2.21. The van der Waals surface area contributed by atoms with Gasteiger partial charge in [0, 0.05) is 5.69 Å². The molecule has 1 aromatic rings. The minimum atomic E-state index is -0.600. The quantitative estimate of drug-likeness (QED) is 0.460. The third kappa shape index (κ3) is 3.57. The van der Waals surface area contributed by atoms with E-state index in [2.05, 4.69) is 10.3 Å². The summed E-state index contributed by atoms with van der Waals surface area (Å²) in [5.41, 5.74) is 1.44. The highest BCUT2D eigenvalue weighted by molar-refractivity contribution is 6.10. The largest absolute Gasteiger partial charge is 0.465 e. The molecule has 25 heavy (non-hydrogen) atoms. The van der Waals surface area contributed by atoms with Gasteiger partial charge in [-0.15, -0.1) is 0 Å². The van der Waals surface area contributed by atoms with E-state index in [1.165, 1.54) is 7.11 Å². The second kappa shape index (κ2) is 7.08. The van der Waals surface area contributed by atoms with Crippen molar-refractivity contribution in [3.63, 3.8) is 0 Å². The zero-order valence-corrected chi connectivity index (χ0v) is 15.1. The third-order valence-corrected chi connectivity index (χ3v) is 4.22. The molecule has 0 bridgehead atoms. The van der Waals surface area contributed by atoms with Gasteiger partial charge < -0.3 is 15.0 Å². The summed E-state index contributed by atoms with van der Waals surface area (Å²) in [6.45, 7) is 6.80. The van der Waals surface area contributed by atoms with Gasteiger partial charge in [-0.2, -0.15) is 0 Å². The van der Waals surface area contributed by atoms with Gasteiger partial charge in [-0.3, -0.25) is 14.5 Å². The van der Waals surface area contributed by atoms with E-state index in [1.54, 1.807) is 13.8 Å². The molecule has 1 atom stereocenters. The molecule has 1 aliphatic heterocycles. The standard InChI is InChI=1S/C17H23N3O5/c1-8(2)6-11-15(22)20(17(24)19-11)7-12(21)14-9(3)13(10(4)18-14)16(23)25-5/h8,11,18H,6-7H2,1-5H3,(H,19,24)/t11-/m0/s1. The molecule has 2 rings (SSSR count). The number of aromatic amines is 1. The van der Waals surface area contributed by atoms with Crippen LogP contribution in [0.15, 0.2) is 0 Å². The van der Waals surface area contributed by atoms with Crippen molar-refractivity contribution < 1.29 is 23.9 Å². The zero-order valence-electron chi connectivity index (χ0n) is 15.1. The Morgan fingerprint density at radius 1 is 1.24 bits per heavy atom. The van der Waals surface area contributed by atoms with Crippen LogP contribution in [0.1, 0.15) is 52.4 Å².